The normalized spacial score (nSPS) is 44.0. The summed E-state index contributed by atoms with van der Waals surface area (Å²) in [5.74, 6) is -0.400. The summed E-state index contributed by atoms with van der Waals surface area (Å²) in [6.07, 6.45) is 2.50. The highest BCUT2D eigenvalue weighted by molar-refractivity contribution is 7.90. The summed E-state index contributed by atoms with van der Waals surface area (Å²) in [7, 11) is -3.54. The minimum absolute atomic E-state index is 0.0191. The highest BCUT2D eigenvalue weighted by Gasteiger charge is 2.72. The van der Waals surface area contributed by atoms with E-state index in [1.165, 1.54) is 4.31 Å². The Morgan fingerprint density at radius 2 is 1.96 bits per heavy atom. The molecule has 2 aliphatic heterocycles. The van der Waals surface area contributed by atoms with Gasteiger partial charge in [-0.3, -0.25) is 4.79 Å². The Balaban J connectivity index is 1.59. The molecule has 136 valence electrons. The van der Waals surface area contributed by atoms with E-state index < -0.39 is 15.8 Å². The van der Waals surface area contributed by atoms with Crippen LogP contribution in [0, 0.1) is 16.7 Å². The molecule has 0 radical (unpaired) electrons. The average Bonchev–Trinajstić information content (AvgIpc) is 3.03. The van der Waals surface area contributed by atoms with Crippen molar-refractivity contribution in [3.05, 3.63) is 0 Å². The number of nitrogens with zero attached hydrogens (tertiary/aromatic N) is 1. The van der Waals surface area contributed by atoms with Crippen LogP contribution in [0.1, 0.15) is 53.4 Å². The van der Waals surface area contributed by atoms with Gasteiger partial charge in [-0.15, -0.1) is 0 Å². The van der Waals surface area contributed by atoms with Gasteiger partial charge in [-0.25, -0.2) is 12.7 Å². The third kappa shape index (κ3) is 2.07. The summed E-state index contributed by atoms with van der Waals surface area (Å²) in [4.78, 5) is 12.9. The molecule has 4 fully saturated rings. The van der Waals surface area contributed by atoms with Gasteiger partial charge in [0.15, 0.2) is 5.79 Å². The minimum Gasteiger partial charge on any atom is -0.348 e. The summed E-state index contributed by atoms with van der Waals surface area (Å²) in [5.41, 5.74) is -0.285. The van der Waals surface area contributed by atoms with Gasteiger partial charge in [-0.1, -0.05) is 13.8 Å². The molecule has 2 saturated carbocycles. The molecular weight excluding hydrogens is 330 g/mol. The van der Waals surface area contributed by atoms with Gasteiger partial charge in [-0.05, 0) is 44.4 Å². The zero-order valence-corrected chi connectivity index (χ0v) is 15.7. The van der Waals surface area contributed by atoms with Crippen LogP contribution >= 0.6 is 0 Å². The maximum Gasteiger partial charge on any atom is 0.239 e. The van der Waals surface area contributed by atoms with E-state index >= 15 is 0 Å². The fourth-order valence-electron chi connectivity index (χ4n) is 5.77. The topological polar surface area (TPSA) is 72.9 Å². The number of ether oxygens (including phenoxy) is 2. The van der Waals surface area contributed by atoms with Crippen molar-refractivity contribution in [2.45, 2.75) is 71.3 Å². The van der Waals surface area contributed by atoms with Gasteiger partial charge in [0.25, 0.3) is 0 Å². The molecule has 4 rings (SSSR count). The molecule has 1 unspecified atom stereocenters. The second-order valence-electron chi connectivity index (χ2n) is 8.97. The molecule has 4 aliphatic rings. The zero-order valence-electron chi connectivity index (χ0n) is 14.9. The molecule has 2 saturated heterocycles. The smallest absolute Gasteiger partial charge is 0.239 e. The van der Waals surface area contributed by atoms with Crippen molar-refractivity contribution in [2.24, 2.45) is 16.7 Å². The summed E-state index contributed by atoms with van der Waals surface area (Å²) >= 11 is 0. The first-order valence-electron chi connectivity index (χ1n) is 8.85. The fraction of sp³-hybridized carbons (Fsp3) is 0.941. The van der Waals surface area contributed by atoms with Gasteiger partial charge >= 0.3 is 0 Å². The van der Waals surface area contributed by atoms with Crippen LogP contribution < -0.4 is 0 Å². The molecule has 0 aromatic heterocycles. The molecule has 4 atom stereocenters. The molecule has 2 bridgehead atoms. The van der Waals surface area contributed by atoms with Crippen molar-refractivity contribution >= 4 is 15.9 Å². The van der Waals surface area contributed by atoms with Gasteiger partial charge in [0, 0.05) is 5.41 Å². The molecule has 1 amide bonds. The standard InChI is InChI=1S/C17H27NO5S/c1-15(2)11-5-6-17(15)10-24(20,21)18(13(17)7-11)14(19)8-12-9-22-16(3,4)23-12/h11-13H,5-10H2,1-4H3/t11-,12?,13-,17-/m1/s1. The Morgan fingerprint density at radius 3 is 2.54 bits per heavy atom. The van der Waals surface area contributed by atoms with Crippen LogP contribution in [0.15, 0.2) is 0 Å². The lowest BCUT2D eigenvalue weighted by Gasteiger charge is -2.37. The van der Waals surface area contributed by atoms with Crippen LogP contribution in [0.5, 0.6) is 0 Å². The van der Waals surface area contributed by atoms with Crippen molar-refractivity contribution in [1.82, 2.24) is 4.31 Å². The molecule has 0 N–H and O–H groups in total. The lowest BCUT2D eigenvalue weighted by Crippen LogP contribution is -2.45. The van der Waals surface area contributed by atoms with Gasteiger partial charge in [0.05, 0.1) is 30.9 Å². The molecule has 0 aromatic carbocycles. The largest absolute Gasteiger partial charge is 0.348 e. The number of hydrogen-bond donors (Lipinski definition) is 0. The Hall–Kier alpha value is -0.660. The molecule has 7 heteroatoms. The van der Waals surface area contributed by atoms with Crippen LogP contribution in [0.4, 0.5) is 0 Å². The van der Waals surface area contributed by atoms with Crippen LogP contribution in [0.3, 0.4) is 0 Å². The minimum atomic E-state index is -3.54. The molecule has 2 heterocycles. The van der Waals surface area contributed by atoms with Gasteiger partial charge in [0.2, 0.25) is 15.9 Å². The highest BCUT2D eigenvalue weighted by atomic mass is 32.2. The summed E-state index contributed by atoms with van der Waals surface area (Å²) in [6.45, 7) is 8.31. The lowest BCUT2D eigenvalue weighted by atomic mass is 9.69. The van der Waals surface area contributed by atoms with Gasteiger partial charge in [0.1, 0.15) is 0 Å². The molecule has 0 aromatic rings. The molecular formula is C17H27NO5S. The Bertz CT molecular complexity index is 685. The maximum absolute atomic E-state index is 12.9. The lowest BCUT2D eigenvalue weighted by molar-refractivity contribution is -0.145. The van der Waals surface area contributed by atoms with Gasteiger partial charge in [-0.2, -0.15) is 0 Å². The Morgan fingerprint density at radius 1 is 1.25 bits per heavy atom. The van der Waals surface area contributed by atoms with E-state index in [1.807, 2.05) is 0 Å². The number of carbonyl (C=O) groups is 1. The first-order valence-corrected chi connectivity index (χ1v) is 10.5. The van der Waals surface area contributed by atoms with E-state index in [1.54, 1.807) is 13.8 Å². The van der Waals surface area contributed by atoms with Crippen LogP contribution in [-0.4, -0.2) is 48.9 Å². The first-order chi connectivity index (χ1) is 11.0. The van der Waals surface area contributed by atoms with Gasteiger partial charge < -0.3 is 9.47 Å². The highest BCUT2D eigenvalue weighted by Crippen LogP contribution is 2.70. The Kier molecular flexibility index (Phi) is 3.31. The van der Waals surface area contributed by atoms with Crippen molar-refractivity contribution < 1.29 is 22.7 Å². The van der Waals surface area contributed by atoms with Crippen molar-refractivity contribution in [3.8, 4) is 0 Å². The van der Waals surface area contributed by atoms with E-state index in [9.17, 15) is 13.2 Å². The predicted octanol–water partition coefficient (Wildman–Crippen LogP) is 1.89. The predicted molar refractivity (Wildman–Crippen MR) is 87.5 cm³/mol. The molecule has 24 heavy (non-hydrogen) atoms. The quantitative estimate of drug-likeness (QED) is 0.755. The number of carbonyl (C=O) groups excluding carboxylic acids is 1. The number of rotatable bonds is 2. The zero-order chi connectivity index (χ0) is 17.5. The Labute approximate surface area is 143 Å². The van der Waals surface area contributed by atoms with E-state index in [-0.39, 0.29) is 41.1 Å². The van der Waals surface area contributed by atoms with Crippen molar-refractivity contribution in [3.63, 3.8) is 0 Å². The summed E-state index contributed by atoms with van der Waals surface area (Å²) in [6, 6.07) is -0.168. The fourth-order valence-corrected chi connectivity index (χ4v) is 8.32. The molecule has 2 aliphatic carbocycles. The van der Waals surface area contributed by atoms with E-state index in [0.29, 0.717) is 12.5 Å². The van der Waals surface area contributed by atoms with Crippen LogP contribution in [0.25, 0.3) is 0 Å². The van der Waals surface area contributed by atoms with Crippen molar-refractivity contribution in [2.75, 3.05) is 12.4 Å². The van der Waals surface area contributed by atoms with E-state index in [0.717, 1.165) is 19.3 Å². The number of amides is 1. The monoisotopic (exact) mass is 357 g/mol. The van der Waals surface area contributed by atoms with E-state index in [2.05, 4.69) is 13.8 Å². The third-order valence-corrected chi connectivity index (χ3v) is 9.06. The second kappa shape index (κ2) is 4.74. The first kappa shape index (κ1) is 16.8. The number of sulfonamides is 1. The molecule has 6 nitrogen and oxygen atoms in total. The maximum atomic E-state index is 12.9. The summed E-state index contributed by atoms with van der Waals surface area (Å²) in [5, 5.41) is 0. The number of fused-ring (bicyclic) bond motifs is 1. The van der Waals surface area contributed by atoms with E-state index in [4.69, 9.17) is 9.47 Å². The van der Waals surface area contributed by atoms with Crippen LogP contribution in [-0.2, 0) is 24.3 Å². The van der Waals surface area contributed by atoms with Crippen LogP contribution in [0.2, 0.25) is 0 Å². The third-order valence-electron chi connectivity index (χ3n) is 7.13. The second-order valence-corrected chi connectivity index (χ2v) is 10.8. The molecule has 1 spiro atoms. The summed E-state index contributed by atoms with van der Waals surface area (Å²) < 4.78 is 38.1. The average molecular weight is 357 g/mol. The van der Waals surface area contributed by atoms with Crippen molar-refractivity contribution in [1.29, 1.82) is 0 Å². The number of hydrogen-bond acceptors (Lipinski definition) is 5. The SMILES string of the molecule is CC1(C)OCC(CC(=O)N2[C@@H]3C[C@H]4CC[C@]3(CS2(=O)=O)C4(C)C)O1.